The predicted octanol–water partition coefficient (Wildman–Crippen LogP) is 4.53. The first kappa shape index (κ1) is 25.3. The van der Waals surface area contributed by atoms with E-state index >= 15 is 0 Å². The largest absolute Gasteiger partial charge is 0.414 e. The normalized spacial score (nSPS) is 31.2. The average Bonchev–Trinajstić information content (AvgIpc) is 2.47. The Balaban J connectivity index is 3.02. The lowest BCUT2D eigenvalue weighted by atomic mass is 9.94. The summed E-state index contributed by atoms with van der Waals surface area (Å²) in [7, 11) is -2.14. The molecule has 1 heterocycles. The van der Waals surface area contributed by atoms with Crippen molar-refractivity contribution in [3.05, 3.63) is 0 Å². The molecular weight excluding hydrogens is 374 g/mol. The van der Waals surface area contributed by atoms with Crippen LogP contribution in [-0.4, -0.2) is 60.8 Å². The van der Waals surface area contributed by atoms with Crippen LogP contribution in [0.15, 0.2) is 0 Å². The van der Waals surface area contributed by atoms with Crippen LogP contribution < -0.4 is 5.73 Å². The van der Waals surface area contributed by atoms with Gasteiger partial charge < -0.3 is 24.1 Å². The second kappa shape index (κ2) is 8.54. The molecule has 27 heavy (non-hydrogen) atoms. The van der Waals surface area contributed by atoms with Gasteiger partial charge >= 0.3 is 0 Å². The van der Waals surface area contributed by atoms with Crippen molar-refractivity contribution < 1.29 is 18.3 Å². The van der Waals surface area contributed by atoms with Gasteiger partial charge in [-0.25, -0.2) is 0 Å². The van der Waals surface area contributed by atoms with E-state index in [1.807, 2.05) is 6.92 Å². The molecule has 0 amide bonds. The topological polar surface area (TPSA) is 62.9 Å². The minimum absolute atomic E-state index is 0.0980. The van der Waals surface area contributed by atoms with Crippen molar-refractivity contribution in [3.8, 4) is 0 Å². The maximum absolute atomic E-state index is 6.72. The van der Waals surface area contributed by atoms with Gasteiger partial charge in [-0.05, 0) is 43.2 Å². The van der Waals surface area contributed by atoms with Crippen molar-refractivity contribution in [1.82, 2.24) is 0 Å². The summed E-state index contributed by atoms with van der Waals surface area (Å²) in [6.07, 6.45) is -0.685. The maximum Gasteiger partial charge on any atom is 0.192 e. The van der Waals surface area contributed by atoms with Gasteiger partial charge in [0.05, 0.1) is 24.9 Å². The summed E-state index contributed by atoms with van der Waals surface area (Å²) in [6.45, 7) is 25.0. The molecule has 5 atom stereocenters. The summed E-state index contributed by atoms with van der Waals surface area (Å²) in [4.78, 5) is 0. The summed E-state index contributed by atoms with van der Waals surface area (Å²) in [6, 6.07) is -0.215. The monoisotopic (exact) mass is 419 g/mol. The van der Waals surface area contributed by atoms with Crippen LogP contribution >= 0.6 is 0 Å². The molecule has 0 aliphatic carbocycles. The van der Waals surface area contributed by atoms with Crippen molar-refractivity contribution in [2.45, 2.75) is 115 Å². The summed E-state index contributed by atoms with van der Waals surface area (Å²) in [5, 5.41) is 0.267. The molecule has 1 rings (SSSR count). The Morgan fingerprint density at radius 2 is 1.37 bits per heavy atom. The van der Waals surface area contributed by atoms with E-state index in [0.717, 1.165) is 0 Å². The second-order valence-corrected chi connectivity index (χ2v) is 20.6. The van der Waals surface area contributed by atoms with Gasteiger partial charge in [0.15, 0.2) is 16.6 Å². The third kappa shape index (κ3) is 5.87. The Morgan fingerprint density at radius 3 is 1.78 bits per heavy atom. The van der Waals surface area contributed by atoms with Crippen LogP contribution in [0.1, 0.15) is 48.5 Å². The molecule has 0 bridgehead atoms. The van der Waals surface area contributed by atoms with Crippen molar-refractivity contribution >= 4 is 16.6 Å². The molecule has 0 aromatic heterocycles. The molecule has 0 saturated carbocycles. The molecule has 0 radical (unpaired) electrons. The number of ether oxygens (including phenoxy) is 2. The smallest absolute Gasteiger partial charge is 0.192 e. The standard InChI is InChI=1S/C20H45NO4Si2/c1-14-16(21)18(25-27(11,12)20(5,6)7)17(22-8)15(24-14)13-23-26(9,10)19(2,3)4/h14-18H,13,21H2,1-12H3/t14-,15+,16?,17+,18?/m0/s1. The van der Waals surface area contributed by atoms with Crippen molar-refractivity contribution in [2.75, 3.05) is 13.7 Å². The maximum atomic E-state index is 6.72. The van der Waals surface area contributed by atoms with E-state index in [1.54, 1.807) is 7.11 Å². The SMILES string of the molecule is CO[C@H]1C(O[Si](C)(C)C(C)(C)C)C(N)[C@H](C)O[C@@H]1CO[Si](C)(C)C(C)(C)C. The first-order chi connectivity index (χ1) is 11.9. The molecule has 0 spiro atoms. The number of methoxy groups -OCH3 is 1. The van der Waals surface area contributed by atoms with Crippen LogP contribution in [0.3, 0.4) is 0 Å². The van der Waals surface area contributed by atoms with Crippen LogP contribution in [0.2, 0.25) is 36.3 Å². The summed E-state index contributed by atoms with van der Waals surface area (Å²) in [5.74, 6) is 0. The average molecular weight is 420 g/mol. The number of hydrogen-bond acceptors (Lipinski definition) is 5. The summed E-state index contributed by atoms with van der Waals surface area (Å²) >= 11 is 0. The Bertz CT molecular complexity index is 485. The van der Waals surface area contributed by atoms with Gasteiger partial charge in [0.1, 0.15) is 12.2 Å². The third-order valence-corrected chi connectivity index (χ3v) is 15.9. The van der Waals surface area contributed by atoms with Gasteiger partial charge in [-0.15, -0.1) is 0 Å². The number of nitrogens with two attached hydrogens (primary N) is 1. The van der Waals surface area contributed by atoms with Crippen LogP contribution in [0.5, 0.6) is 0 Å². The van der Waals surface area contributed by atoms with Crippen LogP contribution in [0.25, 0.3) is 0 Å². The van der Waals surface area contributed by atoms with Gasteiger partial charge in [-0.2, -0.15) is 0 Å². The highest BCUT2D eigenvalue weighted by molar-refractivity contribution is 6.74. The van der Waals surface area contributed by atoms with Gasteiger partial charge in [0.25, 0.3) is 0 Å². The second-order valence-electron chi connectivity index (χ2n) is 11.1. The zero-order valence-electron chi connectivity index (χ0n) is 19.8. The molecule has 5 nitrogen and oxygen atoms in total. The molecule has 162 valence electrons. The lowest BCUT2D eigenvalue weighted by Crippen LogP contribution is -2.65. The van der Waals surface area contributed by atoms with E-state index in [9.17, 15) is 0 Å². The van der Waals surface area contributed by atoms with Gasteiger partial charge in [0.2, 0.25) is 0 Å². The first-order valence-corrected chi connectivity index (χ1v) is 16.0. The highest BCUT2D eigenvalue weighted by Gasteiger charge is 2.49. The minimum atomic E-state index is -1.99. The molecule has 1 aliphatic rings. The molecule has 2 N–H and O–H groups in total. The van der Waals surface area contributed by atoms with Crippen molar-refractivity contribution in [2.24, 2.45) is 5.73 Å². The fraction of sp³-hybridized carbons (Fsp3) is 1.00. The predicted molar refractivity (Wildman–Crippen MR) is 118 cm³/mol. The molecule has 1 aliphatic heterocycles. The van der Waals surface area contributed by atoms with E-state index in [0.29, 0.717) is 6.61 Å². The van der Waals surface area contributed by atoms with Crippen molar-refractivity contribution in [3.63, 3.8) is 0 Å². The molecule has 7 heteroatoms. The van der Waals surface area contributed by atoms with E-state index in [4.69, 9.17) is 24.1 Å². The molecule has 1 fully saturated rings. The van der Waals surface area contributed by atoms with E-state index in [1.165, 1.54) is 0 Å². The van der Waals surface area contributed by atoms with Crippen LogP contribution in [0, 0.1) is 0 Å². The van der Waals surface area contributed by atoms with E-state index in [2.05, 4.69) is 67.7 Å². The summed E-state index contributed by atoms with van der Waals surface area (Å²) in [5.41, 5.74) is 6.51. The van der Waals surface area contributed by atoms with Gasteiger partial charge in [-0.3, -0.25) is 0 Å². The highest BCUT2D eigenvalue weighted by Crippen LogP contribution is 2.40. The van der Waals surface area contributed by atoms with Crippen LogP contribution in [-0.2, 0) is 18.3 Å². The molecule has 0 aromatic carbocycles. The fourth-order valence-electron chi connectivity index (χ4n) is 2.73. The Kier molecular flexibility index (Phi) is 7.99. The molecule has 1 saturated heterocycles. The number of rotatable bonds is 6. The van der Waals surface area contributed by atoms with Crippen LogP contribution in [0.4, 0.5) is 0 Å². The van der Waals surface area contributed by atoms with Gasteiger partial charge in [0, 0.05) is 7.11 Å². The van der Waals surface area contributed by atoms with E-state index in [-0.39, 0.29) is 40.5 Å². The first-order valence-electron chi connectivity index (χ1n) is 10.2. The Morgan fingerprint density at radius 1 is 0.889 bits per heavy atom. The lowest BCUT2D eigenvalue weighted by molar-refractivity contribution is -0.188. The Labute approximate surface area is 169 Å². The Hall–Kier alpha value is 0.234. The third-order valence-electron chi connectivity index (χ3n) is 6.92. The highest BCUT2D eigenvalue weighted by atomic mass is 28.4. The van der Waals surface area contributed by atoms with Crippen molar-refractivity contribution in [1.29, 1.82) is 0 Å². The fourth-order valence-corrected chi connectivity index (χ4v) is 5.07. The zero-order valence-corrected chi connectivity index (χ0v) is 21.8. The lowest BCUT2D eigenvalue weighted by Gasteiger charge is -2.49. The minimum Gasteiger partial charge on any atom is -0.414 e. The van der Waals surface area contributed by atoms with E-state index < -0.39 is 16.6 Å². The number of hydrogen-bond donors (Lipinski definition) is 1. The summed E-state index contributed by atoms with van der Waals surface area (Å²) < 4.78 is 25.3. The quantitative estimate of drug-likeness (QED) is 0.641. The molecular formula is C20H45NO4Si2. The van der Waals surface area contributed by atoms with Gasteiger partial charge in [-0.1, -0.05) is 41.5 Å². The zero-order chi connectivity index (χ0) is 21.4. The molecule has 0 aromatic rings. The molecule has 2 unspecified atom stereocenters.